The van der Waals surface area contributed by atoms with E-state index in [4.69, 9.17) is 4.74 Å². The lowest BCUT2D eigenvalue weighted by molar-refractivity contribution is -0.147. The Morgan fingerprint density at radius 3 is 2.75 bits per heavy atom. The van der Waals surface area contributed by atoms with Gasteiger partial charge in [-0.3, -0.25) is 4.79 Å². The van der Waals surface area contributed by atoms with Gasteiger partial charge < -0.3 is 18.8 Å². The molecule has 148 valence electrons. The second-order valence-corrected chi connectivity index (χ2v) is 6.55. The van der Waals surface area contributed by atoms with Crippen molar-refractivity contribution in [3.8, 4) is 0 Å². The van der Waals surface area contributed by atoms with Crippen LogP contribution in [0.4, 0.5) is 13.2 Å². The third-order valence-corrected chi connectivity index (χ3v) is 4.84. The first-order chi connectivity index (χ1) is 13.4. The standard InChI is InChI=1S/C18H18F3N5O2/c1-28-9-8-25-13-5-3-2-4-12(13)10-14(25)16(27)24-6-7-26-15(11-24)22-23-17(26)18(19,20)21/h2-5,10H,6-9,11H2,1H3. The molecular weight excluding hydrogens is 375 g/mol. The van der Waals surface area contributed by atoms with Crippen molar-refractivity contribution in [1.82, 2.24) is 24.2 Å². The van der Waals surface area contributed by atoms with Crippen molar-refractivity contribution in [1.29, 1.82) is 0 Å². The average molecular weight is 393 g/mol. The van der Waals surface area contributed by atoms with Gasteiger partial charge in [0.25, 0.3) is 5.91 Å². The van der Waals surface area contributed by atoms with Crippen molar-refractivity contribution in [3.63, 3.8) is 0 Å². The van der Waals surface area contributed by atoms with E-state index in [1.807, 2.05) is 28.8 Å². The normalized spacial score (nSPS) is 14.5. The summed E-state index contributed by atoms with van der Waals surface area (Å²) in [4.78, 5) is 14.7. The Balaban J connectivity index is 1.65. The molecule has 0 N–H and O–H groups in total. The summed E-state index contributed by atoms with van der Waals surface area (Å²) in [5.74, 6) is -1.15. The second kappa shape index (κ2) is 6.93. The number of benzene rings is 1. The number of amides is 1. The molecule has 1 aromatic carbocycles. The van der Waals surface area contributed by atoms with Gasteiger partial charge in [-0.2, -0.15) is 13.2 Å². The van der Waals surface area contributed by atoms with Gasteiger partial charge in [-0.25, -0.2) is 0 Å². The molecule has 0 aliphatic carbocycles. The molecule has 0 fully saturated rings. The number of aromatic nitrogens is 4. The minimum Gasteiger partial charge on any atom is -0.383 e. The van der Waals surface area contributed by atoms with Crippen LogP contribution in [0.3, 0.4) is 0 Å². The summed E-state index contributed by atoms with van der Waals surface area (Å²) >= 11 is 0. The first-order valence-electron chi connectivity index (χ1n) is 8.76. The number of alkyl halides is 3. The van der Waals surface area contributed by atoms with Crippen LogP contribution in [0.5, 0.6) is 0 Å². The molecule has 28 heavy (non-hydrogen) atoms. The molecule has 3 aromatic rings. The van der Waals surface area contributed by atoms with Crippen LogP contribution in [0.2, 0.25) is 0 Å². The predicted molar refractivity (Wildman–Crippen MR) is 93.6 cm³/mol. The van der Waals surface area contributed by atoms with Crippen LogP contribution in [0, 0.1) is 0 Å². The van der Waals surface area contributed by atoms with E-state index < -0.39 is 12.0 Å². The van der Waals surface area contributed by atoms with E-state index >= 15 is 0 Å². The molecule has 3 heterocycles. The van der Waals surface area contributed by atoms with Gasteiger partial charge in [-0.15, -0.1) is 10.2 Å². The summed E-state index contributed by atoms with van der Waals surface area (Å²) in [6, 6.07) is 9.41. The topological polar surface area (TPSA) is 65.2 Å². The number of hydrogen-bond donors (Lipinski definition) is 0. The SMILES string of the molecule is COCCn1c(C(=O)N2CCn3c(nnc3C(F)(F)F)C2)cc2ccccc21. The van der Waals surface area contributed by atoms with Crippen LogP contribution in [0.25, 0.3) is 10.9 Å². The minimum atomic E-state index is -4.57. The second-order valence-electron chi connectivity index (χ2n) is 6.55. The van der Waals surface area contributed by atoms with Crippen molar-refractivity contribution < 1.29 is 22.7 Å². The van der Waals surface area contributed by atoms with Crippen molar-refractivity contribution in [2.45, 2.75) is 25.8 Å². The van der Waals surface area contributed by atoms with E-state index in [0.717, 1.165) is 15.5 Å². The van der Waals surface area contributed by atoms with Crippen molar-refractivity contribution in [3.05, 3.63) is 47.7 Å². The van der Waals surface area contributed by atoms with E-state index in [9.17, 15) is 18.0 Å². The maximum Gasteiger partial charge on any atom is 0.451 e. The van der Waals surface area contributed by atoms with Gasteiger partial charge in [-0.05, 0) is 12.1 Å². The summed E-state index contributed by atoms with van der Waals surface area (Å²) < 4.78 is 47.1. The molecule has 0 radical (unpaired) electrons. The van der Waals surface area contributed by atoms with Crippen LogP contribution in [0.1, 0.15) is 22.1 Å². The number of rotatable bonds is 4. The number of carbonyl (C=O) groups is 1. The van der Waals surface area contributed by atoms with Gasteiger partial charge in [0.15, 0.2) is 5.82 Å². The Morgan fingerprint density at radius 2 is 2.00 bits per heavy atom. The molecule has 1 aliphatic heterocycles. The lowest BCUT2D eigenvalue weighted by atomic mass is 10.2. The fourth-order valence-electron chi connectivity index (χ4n) is 3.51. The third-order valence-electron chi connectivity index (χ3n) is 4.84. The molecule has 2 aromatic heterocycles. The van der Waals surface area contributed by atoms with Crippen LogP contribution in [0.15, 0.2) is 30.3 Å². The highest BCUT2D eigenvalue weighted by molar-refractivity contribution is 5.98. The molecule has 0 spiro atoms. The molecule has 0 atom stereocenters. The number of methoxy groups -OCH3 is 1. The fraction of sp³-hybridized carbons (Fsp3) is 0.389. The zero-order valence-corrected chi connectivity index (χ0v) is 15.1. The molecule has 4 rings (SSSR count). The summed E-state index contributed by atoms with van der Waals surface area (Å²) in [6.45, 7) is 1.06. The maximum absolute atomic E-state index is 13.2. The van der Waals surface area contributed by atoms with Gasteiger partial charge in [0.05, 0.1) is 13.2 Å². The van der Waals surface area contributed by atoms with Crippen LogP contribution in [-0.4, -0.2) is 50.4 Å². The summed E-state index contributed by atoms with van der Waals surface area (Å²) in [5, 5.41) is 7.81. The van der Waals surface area contributed by atoms with Crippen LogP contribution >= 0.6 is 0 Å². The Hall–Kier alpha value is -2.88. The Kier molecular flexibility index (Phi) is 4.58. The molecule has 7 nitrogen and oxygen atoms in total. The summed E-state index contributed by atoms with van der Waals surface area (Å²) in [5.41, 5.74) is 1.38. The van der Waals surface area contributed by atoms with Crippen LogP contribution in [-0.2, 0) is 30.5 Å². The van der Waals surface area contributed by atoms with Gasteiger partial charge in [0.1, 0.15) is 5.69 Å². The zero-order chi connectivity index (χ0) is 19.9. The van der Waals surface area contributed by atoms with Crippen molar-refractivity contribution in [2.75, 3.05) is 20.3 Å². The smallest absolute Gasteiger partial charge is 0.383 e. The largest absolute Gasteiger partial charge is 0.451 e. The Labute approximate surface area is 158 Å². The molecule has 0 saturated carbocycles. The first kappa shape index (κ1) is 18.5. The average Bonchev–Trinajstić information content (AvgIpc) is 3.26. The highest BCUT2D eigenvalue weighted by Gasteiger charge is 2.40. The molecule has 1 aliphatic rings. The highest BCUT2D eigenvalue weighted by atomic mass is 19.4. The number of para-hydroxylation sites is 1. The first-order valence-corrected chi connectivity index (χ1v) is 8.76. The Morgan fingerprint density at radius 1 is 1.21 bits per heavy atom. The van der Waals surface area contributed by atoms with E-state index in [2.05, 4.69) is 10.2 Å². The van der Waals surface area contributed by atoms with Crippen molar-refractivity contribution >= 4 is 16.8 Å². The predicted octanol–water partition coefficient (Wildman–Crippen LogP) is 2.55. The van der Waals surface area contributed by atoms with Gasteiger partial charge >= 0.3 is 6.18 Å². The molecule has 0 bridgehead atoms. The monoisotopic (exact) mass is 393 g/mol. The summed E-state index contributed by atoms with van der Waals surface area (Å²) in [7, 11) is 1.59. The number of fused-ring (bicyclic) bond motifs is 2. The quantitative estimate of drug-likeness (QED) is 0.683. The molecule has 10 heteroatoms. The van der Waals surface area contributed by atoms with E-state index in [1.54, 1.807) is 13.2 Å². The number of nitrogens with zero attached hydrogens (tertiary/aromatic N) is 5. The summed E-state index contributed by atoms with van der Waals surface area (Å²) in [6.07, 6.45) is -4.57. The molecule has 1 amide bonds. The zero-order valence-electron chi connectivity index (χ0n) is 15.1. The highest BCUT2D eigenvalue weighted by Crippen LogP contribution is 2.30. The maximum atomic E-state index is 13.2. The van der Waals surface area contributed by atoms with Gasteiger partial charge in [-0.1, -0.05) is 18.2 Å². The minimum absolute atomic E-state index is 0.00121. The van der Waals surface area contributed by atoms with E-state index in [0.29, 0.717) is 18.8 Å². The van der Waals surface area contributed by atoms with Gasteiger partial charge in [0.2, 0.25) is 5.82 Å². The van der Waals surface area contributed by atoms with Crippen molar-refractivity contribution in [2.24, 2.45) is 0 Å². The lowest BCUT2D eigenvalue weighted by Gasteiger charge is -2.28. The van der Waals surface area contributed by atoms with E-state index in [1.165, 1.54) is 4.90 Å². The van der Waals surface area contributed by atoms with Crippen LogP contribution < -0.4 is 0 Å². The number of halogens is 3. The number of hydrogen-bond acceptors (Lipinski definition) is 4. The van der Waals surface area contributed by atoms with Gasteiger partial charge in [0, 0.05) is 37.6 Å². The fourth-order valence-corrected chi connectivity index (χ4v) is 3.51. The number of carbonyl (C=O) groups excluding carboxylic acids is 1. The number of ether oxygens (including phenoxy) is 1. The van der Waals surface area contributed by atoms with E-state index in [-0.39, 0.29) is 31.4 Å². The Bertz CT molecular complexity index is 1020. The molecular formula is C18H18F3N5O2. The molecule has 0 saturated heterocycles. The molecule has 0 unspecified atom stereocenters. The lowest BCUT2D eigenvalue weighted by Crippen LogP contribution is -2.40. The third kappa shape index (κ3) is 3.13.